The van der Waals surface area contributed by atoms with Gasteiger partial charge in [0, 0.05) is 52.8 Å². The highest BCUT2D eigenvalue weighted by atomic mass is 19.1. The number of aliphatic hydroxyl groups excluding tert-OH is 1. The van der Waals surface area contributed by atoms with Crippen LogP contribution in [0.3, 0.4) is 0 Å². The maximum Gasteiger partial charge on any atom is 0.274 e. The molecule has 246 valence electrons. The number of amides is 4. The number of aliphatic hydroxyl groups is 1. The Bertz CT molecular complexity index is 1350. The molecule has 3 atom stereocenters. The number of rotatable bonds is 13. The molecule has 12 heteroatoms. The van der Waals surface area contributed by atoms with Crippen LogP contribution in [0.2, 0.25) is 0 Å². The van der Waals surface area contributed by atoms with Gasteiger partial charge in [-0.05, 0) is 43.1 Å². The Morgan fingerprint density at radius 3 is 2.44 bits per heavy atom. The highest BCUT2D eigenvalue weighted by Crippen LogP contribution is 2.41. The van der Waals surface area contributed by atoms with Crippen molar-refractivity contribution in [1.29, 1.82) is 0 Å². The lowest BCUT2D eigenvalue weighted by atomic mass is 9.85. The number of aryl methyl sites for hydroxylation is 1. The summed E-state index contributed by atoms with van der Waals surface area (Å²) in [6.45, 7) is 8.04. The van der Waals surface area contributed by atoms with E-state index in [0.29, 0.717) is 25.5 Å². The fourth-order valence-corrected chi connectivity index (χ4v) is 5.53. The Kier molecular flexibility index (Phi) is 10.7. The number of carbonyl (C=O) groups excluding carboxylic acids is 4. The van der Waals surface area contributed by atoms with Crippen LogP contribution in [-0.4, -0.2) is 104 Å². The Morgan fingerprint density at radius 1 is 1.13 bits per heavy atom. The third-order valence-electron chi connectivity index (χ3n) is 8.70. The van der Waals surface area contributed by atoms with Gasteiger partial charge in [-0.15, -0.1) is 0 Å². The zero-order chi connectivity index (χ0) is 32.9. The molecule has 3 N–H and O–H groups in total. The molecule has 4 amide bonds. The van der Waals surface area contributed by atoms with Gasteiger partial charge in [-0.1, -0.05) is 51.1 Å². The molecule has 1 aromatic heterocycles. The van der Waals surface area contributed by atoms with Crippen LogP contribution >= 0.6 is 0 Å². The summed E-state index contributed by atoms with van der Waals surface area (Å²) >= 11 is 0. The molecule has 11 nitrogen and oxygen atoms in total. The highest BCUT2D eigenvalue weighted by Gasteiger charge is 2.53. The second kappa shape index (κ2) is 14.1. The monoisotopic (exact) mass is 626 g/mol. The molecular formula is C33H47FN6O5. The lowest BCUT2D eigenvalue weighted by molar-refractivity contribution is -0.142. The molecule has 1 aliphatic carbocycles. The van der Waals surface area contributed by atoms with E-state index in [1.54, 1.807) is 37.6 Å². The number of nitrogens with one attached hydrogen (secondary N) is 2. The normalized spacial score (nSPS) is 19.6. The maximum atomic E-state index is 14.5. The second-order valence-corrected chi connectivity index (χ2v) is 13.5. The number of likely N-dealkylation sites (tertiary alicyclic amines) is 1. The molecule has 0 radical (unpaired) electrons. The average Bonchev–Trinajstić information content (AvgIpc) is 3.37. The van der Waals surface area contributed by atoms with Crippen LogP contribution in [0.15, 0.2) is 36.5 Å². The number of hydrogen-bond acceptors (Lipinski definition) is 6. The van der Waals surface area contributed by atoms with Crippen LogP contribution in [0, 0.1) is 5.41 Å². The minimum absolute atomic E-state index is 0.0155. The quantitative estimate of drug-likeness (QED) is 0.292. The number of β-amino-alcohol motifs (C(OH)–C–C–N with tert-alkyl or cyclic N) is 1. The number of unbranched alkanes of at least 4 members (excludes halogenated alkanes) is 1. The van der Waals surface area contributed by atoms with Gasteiger partial charge >= 0.3 is 0 Å². The van der Waals surface area contributed by atoms with E-state index >= 15 is 0 Å². The predicted molar refractivity (Wildman–Crippen MR) is 167 cm³/mol. The molecule has 45 heavy (non-hydrogen) atoms. The molecule has 1 saturated heterocycles. The number of hydrogen-bond donors (Lipinski definition) is 3. The highest BCUT2D eigenvalue weighted by molar-refractivity contribution is 5.94. The first-order valence-electron chi connectivity index (χ1n) is 15.8. The van der Waals surface area contributed by atoms with Crippen molar-refractivity contribution in [1.82, 2.24) is 30.0 Å². The number of halogens is 1. The van der Waals surface area contributed by atoms with Crippen molar-refractivity contribution in [3.05, 3.63) is 53.6 Å². The van der Waals surface area contributed by atoms with Gasteiger partial charge in [0.1, 0.15) is 17.6 Å². The van der Waals surface area contributed by atoms with E-state index in [9.17, 15) is 28.7 Å². The second-order valence-electron chi connectivity index (χ2n) is 13.5. The van der Waals surface area contributed by atoms with E-state index in [1.165, 1.54) is 23.6 Å². The largest absolute Gasteiger partial charge is 0.391 e. The molecule has 2 fully saturated rings. The number of H-pyrrole nitrogens is 1. The van der Waals surface area contributed by atoms with Crippen molar-refractivity contribution in [2.24, 2.45) is 5.41 Å². The Hall–Kier alpha value is -3.80. The Balaban J connectivity index is 1.47. The van der Waals surface area contributed by atoms with Crippen molar-refractivity contribution in [3.8, 4) is 0 Å². The number of aromatic amines is 1. The van der Waals surface area contributed by atoms with Gasteiger partial charge in [0.15, 0.2) is 5.67 Å². The van der Waals surface area contributed by atoms with Crippen LogP contribution in [-0.2, 0) is 20.8 Å². The first-order chi connectivity index (χ1) is 21.2. The van der Waals surface area contributed by atoms with E-state index in [0.717, 1.165) is 19.3 Å². The van der Waals surface area contributed by atoms with E-state index < -0.39 is 41.1 Å². The summed E-state index contributed by atoms with van der Waals surface area (Å²) < 4.78 is 14.5. The van der Waals surface area contributed by atoms with Gasteiger partial charge in [-0.25, -0.2) is 9.37 Å². The molecule has 2 heterocycles. The number of nitrogens with zero attached hydrogens (tertiary/aromatic N) is 4. The number of likely N-dealkylation sites (N-methyl/N-ethyl adjacent to an activating group) is 1. The standard InChI is InChI=1S/C33H47FN6O5/c1-22(41)38(5)17-18-39(16-10-9-13-23-11-7-6-8-12-23)29(43)25-20-35-28(36-25)26-19-24(42)21-40(26)30(44)27(32(2,3)4)37-31(45)33(34)14-15-33/h6-8,11-12,20,24,26-27,42H,9-10,13-19,21H2,1-5H3,(H,35,36)(H,37,45)/t24-,26+,27-/m1/s1. The number of benzene rings is 1. The van der Waals surface area contributed by atoms with Gasteiger partial charge in [-0.3, -0.25) is 19.2 Å². The minimum atomic E-state index is -1.93. The fourth-order valence-electron chi connectivity index (χ4n) is 5.53. The molecule has 2 aromatic rings. The Labute approximate surface area is 264 Å². The molecule has 0 bridgehead atoms. The van der Waals surface area contributed by atoms with Gasteiger partial charge < -0.3 is 30.1 Å². The third-order valence-corrected chi connectivity index (χ3v) is 8.70. The Morgan fingerprint density at radius 2 is 1.82 bits per heavy atom. The summed E-state index contributed by atoms with van der Waals surface area (Å²) in [6.07, 6.45) is 3.66. The summed E-state index contributed by atoms with van der Waals surface area (Å²) in [6, 6.07) is 8.44. The number of carbonyl (C=O) groups is 4. The topological polar surface area (TPSA) is 139 Å². The van der Waals surface area contributed by atoms with Crippen LogP contribution in [0.25, 0.3) is 0 Å². The zero-order valence-corrected chi connectivity index (χ0v) is 27.0. The van der Waals surface area contributed by atoms with E-state index in [1.807, 2.05) is 18.2 Å². The summed E-state index contributed by atoms with van der Waals surface area (Å²) in [7, 11) is 1.69. The SMILES string of the molecule is CC(=O)N(C)CCN(CCCCc1ccccc1)C(=O)c1c[nH]c([C@@H]2C[C@@H](O)CN2C(=O)[C@@H](NC(=O)C2(F)CC2)C(C)(C)C)n1. The van der Waals surface area contributed by atoms with Crippen LogP contribution < -0.4 is 5.32 Å². The molecule has 1 aromatic carbocycles. The van der Waals surface area contributed by atoms with Gasteiger partial charge in [0.25, 0.3) is 11.8 Å². The first-order valence-corrected chi connectivity index (χ1v) is 15.8. The number of imidazole rings is 1. The van der Waals surface area contributed by atoms with Crippen LogP contribution in [0.1, 0.15) is 87.7 Å². The van der Waals surface area contributed by atoms with E-state index in [-0.39, 0.29) is 43.3 Å². The first kappa shape index (κ1) is 34.1. The summed E-state index contributed by atoms with van der Waals surface area (Å²) in [5.74, 6) is -1.29. The molecular weight excluding hydrogens is 579 g/mol. The van der Waals surface area contributed by atoms with Gasteiger partial charge in [-0.2, -0.15) is 0 Å². The molecule has 1 saturated carbocycles. The zero-order valence-electron chi connectivity index (χ0n) is 27.0. The third kappa shape index (κ3) is 8.68. The summed E-state index contributed by atoms with van der Waals surface area (Å²) in [4.78, 5) is 64.2. The number of alkyl halides is 1. The summed E-state index contributed by atoms with van der Waals surface area (Å²) in [5, 5.41) is 13.2. The molecule has 0 unspecified atom stereocenters. The van der Waals surface area contributed by atoms with Crippen molar-refractivity contribution in [2.75, 3.05) is 33.2 Å². The molecule has 2 aliphatic rings. The molecule has 0 spiro atoms. The van der Waals surface area contributed by atoms with Crippen molar-refractivity contribution < 1.29 is 28.7 Å². The van der Waals surface area contributed by atoms with E-state index in [4.69, 9.17) is 0 Å². The van der Waals surface area contributed by atoms with Crippen LogP contribution in [0.5, 0.6) is 0 Å². The van der Waals surface area contributed by atoms with Gasteiger partial charge in [0.2, 0.25) is 11.8 Å². The predicted octanol–water partition coefficient (Wildman–Crippen LogP) is 3.02. The maximum absolute atomic E-state index is 14.5. The van der Waals surface area contributed by atoms with E-state index in [2.05, 4.69) is 27.4 Å². The molecule has 4 rings (SSSR count). The summed E-state index contributed by atoms with van der Waals surface area (Å²) in [5.41, 5.74) is -1.27. The van der Waals surface area contributed by atoms with Gasteiger partial charge in [0.05, 0.1) is 12.1 Å². The van der Waals surface area contributed by atoms with Crippen molar-refractivity contribution in [3.63, 3.8) is 0 Å². The average molecular weight is 627 g/mol. The van der Waals surface area contributed by atoms with Crippen LogP contribution in [0.4, 0.5) is 4.39 Å². The smallest absolute Gasteiger partial charge is 0.274 e. The minimum Gasteiger partial charge on any atom is -0.391 e. The van der Waals surface area contributed by atoms with Crippen molar-refractivity contribution >= 4 is 23.6 Å². The number of aromatic nitrogens is 2. The lowest BCUT2D eigenvalue weighted by Gasteiger charge is -2.35. The lowest BCUT2D eigenvalue weighted by Crippen LogP contribution is -2.56. The van der Waals surface area contributed by atoms with Crippen molar-refractivity contribution in [2.45, 2.75) is 90.1 Å². The molecule has 1 aliphatic heterocycles. The fraction of sp³-hybridized carbons (Fsp3) is 0.606.